The van der Waals surface area contributed by atoms with Crippen LogP contribution in [0, 0.1) is 5.82 Å². The van der Waals surface area contributed by atoms with Gasteiger partial charge in [-0.25, -0.2) is 18.2 Å². The number of alkyl halides is 2. The van der Waals surface area contributed by atoms with E-state index < -0.39 is 35.5 Å². The number of carbonyl (C=O) groups is 1. The predicted molar refractivity (Wildman–Crippen MR) is 137 cm³/mol. The van der Waals surface area contributed by atoms with Gasteiger partial charge in [0.25, 0.3) is 17.3 Å². The Morgan fingerprint density at radius 1 is 1.16 bits per heavy atom. The van der Waals surface area contributed by atoms with Crippen LogP contribution in [-0.2, 0) is 5.41 Å². The second-order valence-corrected chi connectivity index (χ2v) is 9.92. The molecule has 1 aromatic carbocycles. The summed E-state index contributed by atoms with van der Waals surface area (Å²) in [4.78, 5) is 37.5. The summed E-state index contributed by atoms with van der Waals surface area (Å²) in [5, 5.41) is 0.00809. The number of likely N-dealkylation sites (tertiary alicyclic amines) is 1. The molecular weight excluding hydrogens is 501 g/mol. The van der Waals surface area contributed by atoms with E-state index in [1.807, 2.05) is 0 Å². The van der Waals surface area contributed by atoms with Crippen LogP contribution in [0.25, 0.3) is 16.6 Å². The zero-order valence-electron chi connectivity index (χ0n) is 21.5. The van der Waals surface area contributed by atoms with Crippen LogP contribution in [0.3, 0.4) is 0 Å². The Balaban J connectivity index is 1.76. The number of hydrogen-bond donors (Lipinski definition) is 0. The SMILES string of the molecule is COc1cc2c(=O)n(-c3cc4c(cc3F)N=C(CF)C4(C)C)cc(C(=O)N3CCC(F)CC3)c2nc1OC. The third-order valence-corrected chi connectivity index (χ3v) is 7.37. The van der Waals surface area contributed by atoms with Gasteiger partial charge in [-0.15, -0.1) is 0 Å². The van der Waals surface area contributed by atoms with Gasteiger partial charge in [-0.3, -0.25) is 19.1 Å². The number of aliphatic imine (C=N–C) groups is 1. The highest BCUT2D eigenvalue weighted by Gasteiger charge is 2.36. The fourth-order valence-corrected chi connectivity index (χ4v) is 5.04. The molecule has 1 saturated heterocycles. The Labute approximate surface area is 216 Å². The van der Waals surface area contributed by atoms with Gasteiger partial charge in [0, 0.05) is 36.8 Å². The lowest BCUT2D eigenvalue weighted by Crippen LogP contribution is -2.39. The van der Waals surface area contributed by atoms with Crippen LogP contribution >= 0.6 is 0 Å². The van der Waals surface area contributed by atoms with Crippen molar-refractivity contribution in [2.75, 3.05) is 34.0 Å². The molecule has 0 N–H and O–H groups in total. The number of nitrogens with zero attached hydrogens (tertiary/aromatic N) is 4. The lowest BCUT2D eigenvalue weighted by Gasteiger charge is -2.29. The fourth-order valence-electron chi connectivity index (χ4n) is 5.04. The van der Waals surface area contributed by atoms with Crippen molar-refractivity contribution in [3.8, 4) is 17.3 Å². The molecule has 1 amide bonds. The molecule has 0 bridgehead atoms. The van der Waals surface area contributed by atoms with Crippen LogP contribution in [0.5, 0.6) is 11.6 Å². The smallest absolute Gasteiger partial charge is 0.264 e. The Hall–Kier alpha value is -3.89. The van der Waals surface area contributed by atoms with E-state index in [4.69, 9.17) is 9.47 Å². The van der Waals surface area contributed by atoms with E-state index in [1.54, 1.807) is 13.8 Å². The van der Waals surface area contributed by atoms with Crippen molar-refractivity contribution < 1.29 is 27.4 Å². The van der Waals surface area contributed by atoms with Crippen molar-refractivity contribution in [1.29, 1.82) is 0 Å². The van der Waals surface area contributed by atoms with Crippen LogP contribution in [0.15, 0.2) is 34.2 Å². The van der Waals surface area contributed by atoms with Gasteiger partial charge in [0.05, 0.1) is 47.8 Å². The Bertz CT molecular complexity index is 1540. The number of fused-ring (bicyclic) bond motifs is 2. The van der Waals surface area contributed by atoms with Gasteiger partial charge in [0.2, 0.25) is 0 Å². The molecule has 2 aliphatic rings. The molecule has 2 aromatic heterocycles. The first kappa shape index (κ1) is 25.7. The Kier molecular flexibility index (Phi) is 6.40. The van der Waals surface area contributed by atoms with Crippen molar-refractivity contribution in [3.05, 3.63) is 51.7 Å². The molecule has 8 nitrogen and oxygen atoms in total. The van der Waals surface area contributed by atoms with Gasteiger partial charge in [-0.2, -0.15) is 0 Å². The molecule has 11 heteroatoms. The quantitative estimate of drug-likeness (QED) is 0.489. The van der Waals surface area contributed by atoms with Crippen molar-refractivity contribution in [3.63, 3.8) is 0 Å². The van der Waals surface area contributed by atoms with Crippen LogP contribution in [0.4, 0.5) is 18.9 Å². The number of aromatic nitrogens is 2. The first-order valence-corrected chi connectivity index (χ1v) is 12.2. The molecular formula is C27H27F3N4O4. The predicted octanol–water partition coefficient (Wildman–Crippen LogP) is 4.45. The van der Waals surface area contributed by atoms with E-state index in [2.05, 4.69) is 9.98 Å². The number of ether oxygens (including phenoxy) is 2. The maximum atomic E-state index is 15.5. The highest BCUT2D eigenvalue weighted by Crippen LogP contribution is 2.42. The van der Waals surface area contributed by atoms with E-state index in [0.29, 0.717) is 5.56 Å². The molecule has 4 heterocycles. The van der Waals surface area contributed by atoms with Gasteiger partial charge in [-0.1, -0.05) is 13.8 Å². The number of halogens is 3. The minimum atomic E-state index is -0.993. The molecule has 5 rings (SSSR count). The maximum absolute atomic E-state index is 15.5. The fraction of sp³-hybridized carbons (Fsp3) is 0.407. The van der Waals surface area contributed by atoms with Gasteiger partial charge in [-0.05, 0) is 24.5 Å². The summed E-state index contributed by atoms with van der Waals surface area (Å²) < 4.78 is 54.5. The van der Waals surface area contributed by atoms with Gasteiger partial charge in [0.1, 0.15) is 18.7 Å². The summed E-state index contributed by atoms with van der Waals surface area (Å²) in [5.74, 6) is -1.02. The summed E-state index contributed by atoms with van der Waals surface area (Å²) >= 11 is 0. The average Bonchev–Trinajstić information content (AvgIpc) is 3.16. The van der Waals surface area contributed by atoms with Crippen LogP contribution in [0.2, 0.25) is 0 Å². The minimum Gasteiger partial charge on any atom is -0.491 e. The molecule has 3 aromatic rings. The first-order chi connectivity index (χ1) is 18.1. The number of rotatable bonds is 5. The lowest BCUT2D eigenvalue weighted by molar-refractivity contribution is 0.0668. The van der Waals surface area contributed by atoms with Crippen molar-refractivity contribution >= 4 is 28.2 Å². The number of methoxy groups -OCH3 is 2. The van der Waals surface area contributed by atoms with Crippen LogP contribution in [-0.4, -0.2) is 66.2 Å². The van der Waals surface area contributed by atoms with Crippen molar-refractivity contribution in [2.45, 2.75) is 38.3 Å². The number of amides is 1. The van der Waals surface area contributed by atoms with E-state index in [-0.39, 0.29) is 71.1 Å². The summed E-state index contributed by atoms with van der Waals surface area (Å²) in [5.41, 5.74) is -0.408. The largest absolute Gasteiger partial charge is 0.491 e. The Morgan fingerprint density at radius 3 is 2.50 bits per heavy atom. The molecule has 0 radical (unpaired) electrons. The summed E-state index contributed by atoms with van der Waals surface area (Å²) in [6.07, 6.45) is 0.642. The molecule has 0 unspecified atom stereocenters. The number of piperidine rings is 1. The number of carbonyl (C=O) groups excluding carboxylic acids is 1. The second kappa shape index (κ2) is 9.45. The second-order valence-electron chi connectivity index (χ2n) is 9.92. The van der Waals surface area contributed by atoms with Crippen LogP contribution in [0.1, 0.15) is 42.6 Å². The maximum Gasteiger partial charge on any atom is 0.264 e. The zero-order valence-corrected chi connectivity index (χ0v) is 21.5. The van der Waals surface area contributed by atoms with E-state index in [1.165, 1.54) is 37.4 Å². The van der Waals surface area contributed by atoms with Crippen LogP contribution < -0.4 is 15.0 Å². The third-order valence-electron chi connectivity index (χ3n) is 7.37. The molecule has 2 aliphatic heterocycles. The highest BCUT2D eigenvalue weighted by molar-refractivity contribution is 6.06. The minimum absolute atomic E-state index is 0.00809. The number of benzene rings is 1. The summed E-state index contributed by atoms with van der Waals surface area (Å²) in [6, 6.07) is 4.01. The van der Waals surface area contributed by atoms with Gasteiger partial charge >= 0.3 is 0 Å². The summed E-state index contributed by atoms with van der Waals surface area (Å²) in [7, 11) is 2.76. The molecule has 0 aliphatic carbocycles. The zero-order chi connectivity index (χ0) is 27.4. The molecule has 38 heavy (non-hydrogen) atoms. The van der Waals surface area contributed by atoms with E-state index in [0.717, 1.165) is 10.6 Å². The third kappa shape index (κ3) is 4.00. The topological polar surface area (TPSA) is 86.0 Å². The highest BCUT2D eigenvalue weighted by atomic mass is 19.1. The lowest BCUT2D eigenvalue weighted by atomic mass is 9.81. The van der Waals surface area contributed by atoms with Gasteiger partial charge in [0.15, 0.2) is 5.75 Å². The van der Waals surface area contributed by atoms with Crippen molar-refractivity contribution in [1.82, 2.24) is 14.5 Å². The molecule has 0 saturated carbocycles. The Morgan fingerprint density at radius 2 is 1.87 bits per heavy atom. The molecule has 1 fully saturated rings. The molecule has 0 spiro atoms. The standard InChI is InChI=1S/C27H27F3N4O4/c1-27(2)17-10-20(18(30)11-19(17)31-22(27)12-28)34-13-16(25(35)33-7-5-14(29)6-8-33)23-15(26(34)36)9-21(37-3)24(32-23)38-4/h9-11,13-14H,5-8,12H2,1-4H3. The number of hydrogen-bond acceptors (Lipinski definition) is 6. The van der Waals surface area contributed by atoms with Gasteiger partial charge < -0.3 is 14.4 Å². The first-order valence-electron chi connectivity index (χ1n) is 12.2. The summed E-state index contributed by atoms with van der Waals surface area (Å²) in [6.45, 7) is 3.13. The van der Waals surface area contributed by atoms with E-state index >= 15 is 4.39 Å². The van der Waals surface area contributed by atoms with E-state index in [9.17, 15) is 18.4 Å². The average molecular weight is 529 g/mol. The number of pyridine rings is 2. The normalized spacial score (nSPS) is 16.9. The molecule has 200 valence electrons. The van der Waals surface area contributed by atoms with Crippen molar-refractivity contribution in [2.24, 2.45) is 4.99 Å². The molecule has 0 atom stereocenters. The monoisotopic (exact) mass is 528 g/mol.